The Bertz CT molecular complexity index is 522. The molecule has 23 heavy (non-hydrogen) atoms. The first kappa shape index (κ1) is 17.3. The number of rotatable bonds is 4. The molecule has 128 valence electrons. The van der Waals surface area contributed by atoms with E-state index in [0.717, 1.165) is 18.7 Å². The van der Waals surface area contributed by atoms with Crippen molar-refractivity contribution < 1.29 is 14.3 Å². The number of piperidine rings is 1. The van der Waals surface area contributed by atoms with Crippen LogP contribution in [0.15, 0.2) is 12.4 Å². The minimum atomic E-state index is -0.456. The fraction of sp³-hybridized carbons (Fsp3) is 0.688. The molecule has 0 atom stereocenters. The van der Waals surface area contributed by atoms with E-state index < -0.39 is 5.60 Å². The van der Waals surface area contributed by atoms with Crippen LogP contribution in [0.3, 0.4) is 0 Å². The minimum absolute atomic E-state index is 0.239. The minimum Gasteiger partial charge on any atom is -0.478 e. The molecule has 1 fully saturated rings. The van der Waals surface area contributed by atoms with E-state index in [-0.39, 0.29) is 12.1 Å². The highest BCUT2D eigenvalue weighted by molar-refractivity contribution is 5.68. The molecule has 0 unspecified atom stereocenters. The average molecular weight is 322 g/mol. The predicted molar refractivity (Wildman–Crippen MR) is 87.7 cm³/mol. The zero-order chi connectivity index (χ0) is 16.9. The number of ether oxygens (including phenoxy) is 2. The summed E-state index contributed by atoms with van der Waals surface area (Å²) >= 11 is 0. The summed E-state index contributed by atoms with van der Waals surface area (Å²) in [6, 6.07) is 2.07. The van der Waals surface area contributed by atoms with Gasteiger partial charge in [0, 0.05) is 25.2 Å². The number of carbonyl (C=O) groups is 1. The number of likely N-dealkylation sites (tertiary alicyclic amines) is 1. The van der Waals surface area contributed by atoms with Crippen molar-refractivity contribution in [2.75, 3.05) is 25.0 Å². The molecule has 0 saturated carbocycles. The van der Waals surface area contributed by atoms with Gasteiger partial charge >= 0.3 is 6.09 Å². The van der Waals surface area contributed by atoms with Gasteiger partial charge in [0.25, 0.3) is 0 Å². The molecule has 0 spiro atoms. The van der Waals surface area contributed by atoms with E-state index >= 15 is 0 Å². The maximum atomic E-state index is 12.0. The van der Waals surface area contributed by atoms with E-state index in [0.29, 0.717) is 25.6 Å². The lowest BCUT2D eigenvalue weighted by molar-refractivity contribution is 0.0210. The Labute approximate surface area is 137 Å². The largest absolute Gasteiger partial charge is 0.478 e. The van der Waals surface area contributed by atoms with E-state index in [2.05, 4.69) is 15.3 Å². The normalized spacial score (nSPS) is 16.1. The van der Waals surface area contributed by atoms with Crippen molar-refractivity contribution in [3.63, 3.8) is 0 Å². The Balaban J connectivity index is 1.83. The fourth-order valence-corrected chi connectivity index (χ4v) is 2.39. The summed E-state index contributed by atoms with van der Waals surface area (Å²) in [7, 11) is 0. The summed E-state index contributed by atoms with van der Waals surface area (Å²) < 4.78 is 10.8. The van der Waals surface area contributed by atoms with Gasteiger partial charge in [-0.3, -0.25) is 0 Å². The van der Waals surface area contributed by atoms with Crippen LogP contribution >= 0.6 is 0 Å². The number of amides is 1. The van der Waals surface area contributed by atoms with Gasteiger partial charge in [0.15, 0.2) is 0 Å². The monoisotopic (exact) mass is 322 g/mol. The van der Waals surface area contributed by atoms with Crippen LogP contribution in [0, 0.1) is 0 Å². The molecule has 7 nitrogen and oxygen atoms in total. The van der Waals surface area contributed by atoms with Crippen molar-refractivity contribution in [1.82, 2.24) is 14.9 Å². The molecule has 1 amide bonds. The molecule has 1 aliphatic heterocycles. The molecule has 1 aromatic rings. The smallest absolute Gasteiger partial charge is 0.410 e. The molecule has 0 bridgehead atoms. The molecule has 0 aliphatic carbocycles. The number of anilines is 1. The third-order valence-electron chi connectivity index (χ3n) is 3.43. The highest BCUT2D eigenvalue weighted by Gasteiger charge is 2.26. The van der Waals surface area contributed by atoms with Crippen LogP contribution in [0.2, 0.25) is 0 Å². The standard InChI is InChI=1S/C16H26N4O3/c1-5-22-14-10-13(17-11-18-14)19-12-6-8-20(9-7-12)15(21)23-16(2,3)4/h10-12H,5-9H2,1-4H3,(H,17,18,19). The van der Waals surface area contributed by atoms with Gasteiger partial charge in [-0.2, -0.15) is 0 Å². The molecule has 1 aliphatic rings. The third kappa shape index (κ3) is 5.58. The molecule has 2 heterocycles. The molecule has 7 heteroatoms. The first-order valence-corrected chi connectivity index (χ1v) is 8.06. The van der Waals surface area contributed by atoms with Crippen LogP contribution in [-0.2, 0) is 4.74 Å². The van der Waals surface area contributed by atoms with Crippen LogP contribution in [0.1, 0.15) is 40.5 Å². The highest BCUT2D eigenvalue weighted by atomic mass is 16.6. The lowest BCUT2D eigenvalue weighted by Gasteiger charge is -2.33. The lowest BCUT2D eigenvalue weighted by atomic mass is 10.1. The molecule has 0 aromatic carbocycles. The van der Waals surface area contributed by atoms with Crippen LogP contribution in [0.25, 0.3) is 0 Å². The van der Waals surface area contributed by atoms with Crippen molar-refractivity contribution in [3.05, 3.63) is 12.4 Å². The summed E-state index contributed by atoms with van der Waals surface area (Å²) in [5.41, 5.74) is -0.456. The van der Waals surface area contributed by atoms with Crippen LogP contribution in [0.4, 0.5) is 10.6 Å². The van der Waals surface area contributed by atoms with Gasteiger partial charge in [0.2, 0.25) is 5.88 Å². The lowest BCUT2D eigenvalue weighted by Crippen LogP contribution is -2.44. The third-order valence-corrected chi connectivity index (χ3v) is 3.43. The number of nitrogens with zero attached hydrogens (tertiary/aromatic N) is 3. The van der Waals surface area contributed by atoms with Crippen molar-refractivity contribution in [3.8, 4) is 5.88 Å². The van der Waals surface area contributed by atoms with E-state index in [1.165, 1.54) is 6.33 Å². The number of hydrogen-bond donors (Lipinski definition) is 1. The van der Waals surface area contributed by atoms with Crippen molar-refractivity contribution in [2.24, 2.45) is 0 Å². The van der Waals surface area contributed by atoms with E-state index in [4.69, 9.17) is 9.47 Å². The summed E-state index contributed by atoms with van der Waals surface area (Å²) in [4.78, 5) is 22.1. The van der Waals surface area contributed by atoms with Gasteiger partial charge in [0.1, 0.15) is 17.7 Å². The summed E-state index contributed by atoms with van der Waals surface area (Å²) in [6.45, 7) is 9.48. The fourth-order valence-electron chi connectivity index (χ4n) is 2.39. The Kier molecular flexibility index (Phi) is 5.63. The Morgan fingerprint density at radius 1 is 1.35 bits per heavy atom. The Hall–Kier alpha value is -2.05. The Morgan fingerprint density at radius 2 is 2.04 bits per heavy atom. The summed E-state index contributed by atoms with van der Waals surface area (Å²) in [5, 5.41) is 3.38. The maximum Gasteiger partial charge on any atom is 0.410 e. The van der Waals surface area contributed by atoms with E-state index in [9.17, 15) is 4.79 Å². The molecule has 1 saturated heterocycles. The quantitative estimate of drug-likeness (QED) is 0.918. The van der Waals surface area contributed by atoms with Gasteiger partial charge in [-0.05, 0) is 40.5 Å². The van der Waals surface area contributed by atoms with Gasteiger partial charge in [-0.1, -0.05) is 0 Å². The SMILES string of the molecule is CCOc1cc(NC2CCN(C(=O)OC(C)(C)C)CC2)ncn1. The van der Waals surface area contributed by atoms with E-state index in [1.807, 2.05) is 27.7 Å². The number of nitrogens with one attached hydrogen (secondary N) is 1. The van der Waals surface area contributed by atoms with Crippen molar-refractivity contribution in [1.29, 1.82) is 0 Å². The van der Waals surface area contributed by atoms with Crippen molar-refractivity contribution >= 4 is 11.9 Å². The highest BCUT2D eigenvalue weighted by Crippen LogP contribution is 2.19. The van der Waals surface area contributed by atoms with Gasteiger partial charge in [-0.15, -0.1) is 0 Å². The molecular formula is C16H26N4O3. The van der Waals surface area contributed by atoms with Crippen LogP contribution < -0.4 is 10.1 Å². The van der Waals surface area contributed by atoms with Gasteiger partial charge < -0.3 is 19.7 Å². The molecule has 2 rings (SSSR count). The second-order valence-electron chi connectivity index (χ2n) is 6.56. The maximum absolute atomic E-state index is 12.0. The van der Waals surface area contributed by atoms with Crippen LogP contribution in [0.5, 0.6) is 5.88 Å². The molecule has 1 N–H and O–H groups in total. The molecule has 0 radical (unpaired) electrons. The summed E-state index contributed by atoms with van der Waals surface area (Å²) in [6.07, 6.45) is 2.96. The zero-order valence-electron chi connectivity index (χ0n) is 14.3. The number of carbonyl (C=O) groups excluding carboxylic acids is 1. The molecular weight excluding hydrogens is 296 g/mol. The van der Waals surface area contributed by atoms with Gasteiger partial charge in [-0.25, -0.2) is 14.8 Å². The molecule has 1 aromatic heterocycles. The first-order valence-electron chi connectivity index (χ1n) is 8.06. The van der Waals surface area contributed by atoms with Gasteiger partial charge in [0.05, 0.1) is 6.61 Å². The van der Waals surface area contributed by atoms with Crippen molar-refractivity contribution in [2.45, 2.75) is 52.2 Å². The number of hydrogen-bond acceptors (Lipinski definition) is 6. The first-order chi connectivity index (χ1) is 10.9. The second-order valence-corrected chi connectivity index (χ2v) is 6.56. The average Bonchev–Trinajstić information content (AvgIpc) is 2.47. The predicted octanol–water partition coefficient (Wildman–Crippen LogP) is 2.69. The Morgan fingerprint density at radius 3 is 2.65 bits per heavy atom. The summed E-state index contributed by atoms with van der Waals surface area (Å²) in [5.74, 6) is 1.32. The second kappa shape index (κ2) is 7.48. The number of aromatic nitrogens is 2. The van der Waals surface area contributed by atoms with E-state index in [1.54, 1.807) is 11.0 Å². The topological polar surface area (TPSA) is 76.6 Å². The zero-order valence-corrected chi connectivity index (χ0v) is 14.3. The van der Waals surface area contributed by atoms with Crippen LogP contribution in [-0.4, -0.2) is 52.3 Å².